The number of phenols is 1. The van der Waals surface area contributed by atoms with Crippen molar-refractivity contribution in [1.29, 1.82) is 0 Å². The smallest absolute Gasteiger partial charge is 0.296 e. The van der Waals surface area contributed by atoms with Gasteiger partial charge >= 0.3 is 0 Å². The topological polar surface area (TPSA) is 154 Å². The van der Waals surface area contributed by atoms with E-state index in [-0.39, 0.29) is 38.2 Å². The van der Waals surface area contributed by atoms with E-state index in [4.69, 9.17) is 16.3 Å². The summed E-state index contributed by atoms with van der Waals surface area (Å²) in [5.41, 5.74) is -0.428. The maximum absolute atomic E-state index is 12.8. The molecule has 4 rings (SSSR count). The number of aromatic nitrogens is 2. The predicted octanol–water partition coefficient (Wildman–Crippen LogP) is 4.18. The van der Waals surface area contributed by atoms with Crippen LogP contribution in [-0.4, -0.2) is 41.1 Å². The van der Waals surface area contributed by atoms with E-state index >= 15 is 0 Å². The fourth-order valence-electron chi connectivity index (χ4n) is 3.30. The number of ether oxygens (including phenoxy) is 1. The Morgan fingerprint density at radius 2 is 1.86 bits per heavy atom. The van der Waals surface area contributed by atoms with Gasteiger partial charge in [0.15, 0.2) is 5.78 Å². The molecule has 184 valence electrons. The second-order valence-electron chi connectivity index (χ2n) is 7.41. The summed E-state index contributed by atoms with van der Waals surface area (Å²) in [6, 6.07) is 13.3. The van der Waals surface area contributed by atoms with Crippen LogP contribution in [0, 0.1) is 10.1 Å². The first-order valence-electron chi connectivity index (χ1n) is 10.1. The van der Waals surface area contributed by atoms with E-state index in [1.807, 2.05) is 0 Å². The fourth-order valence-corrected chi connectivity index (χ4v) is 4.55. The van der Waals surface area contributed by atoms with E-state index in [0.29, 0.717) is 5.75 Å². The molecule has 0 unspecified atom stereocenters. The minimum atomic E-state index is -4.16. The first-order valence-corrected chi connectivity index (χ1v) is 12.0. The van der Waals surface area contributed by atoms with Crippen LogP contribution in [-0.2, 0) is 10.0 Å². The lowest BCUT2D eigenvalue weighted by atomic mass is 10.1. The molecule has 1 aromatic heterocycles. The third-order valence-electron chi connectivity index (χ3n) is 5.09. The molecular formula is C23H17ClN4O7S. The van der Waals surface area contributed by atoms with Gasteiger partial charge in [0.05, 0.1) is 34.3 Å². The Labute approximate surface area is 209 Å². The zero-order chi connectivity index (χ0) is 26.0. The number of benzene rings is 3. The van der Waals surface area contributed by atoms with Crippen LogP contribution < -0.4 is 9.46 Å². The van der Waals surface area contributed by atoms with Gasteiger partial charge in [-0.3, -0.25) is 19.6 Å². The molecule has 0 saturated heterocycles. The van der Waals surface area contributed by atoms with Crippen LogP contribution in [0.5, 0.6) is 11.5 Å². The van der Waals surface area contributed by atoms with E-state index in [0.717, 1.165) is 10.7 Å². The molecule has 2 N–H and O–H groups in total. The molecule has 0 fully saturated rings. The quantitative estimate of drug-likeness (QED) is 0.196. The number of ketones is 1. The van der Waals surface area contributed by atoms with Crippen molar-refractivity contribution in [2.45, 2.75) is 4.90 Å². The van der Waals surface area contributed by atoms with Crippen LogP contribution in [0.4, 0.5) is 11.4 Å². The molecule has 0 aliphatic rings. The summed E-state index contributed by atoms with van der Waals surface area (Å²) < 4.78 is 34.1. The van der Waals surface area contributed by atoms with Crippen LogP contribution in [0.15, 0.2) is 78.0 Å². The van der Waals surface area contributed by atoms with Crippen molar-refractivity contribution in [1.82, 2.24) is 9.78 Å². The zero-order valence-electron chi connectivity index (χ0n) is 18.5. The molecule has 36 heavy (non-hydrogen) atoms. The first-order chi connectivity index (χ1) is 17.1. The van der Waals surface area contributed by atoms with Gasteiger partial charge in [0.2, 0.25) is 0 Å². The Morgan fingerprint density at radius 3 is 2.53 bits per heavy atom. The van der Waals surface area contributed by atoms with Crippen molar-refractivity contribution in [2.24, 2.45) is 0 Å². The number of carbonyl (C=O) groups is 1. The van der Waals surface area contributed by atoms with E-state index < -0.39 is 26.4 Å². The Kier molecular flexibility index (Phi) is 6.64. The lowest BCUT2D eigenvalue weighted by molar-refractivity contribution is -0.384. The summed E-state index contributed by atoms with van der Waals surface area (Å²) in [7, 11) is -2.69. The monoisotopic (exact) mass is 528 g/mol. The number of nitrogens with one attached hydrogen (secondary N) is 1. The van der Waals surface area contributed by atoms with Crippen molar-refractivity contribution in [3.63, 3.8) is 0 Å². The number of hydrogen-bond donors (Lipinski definition) is 2. The van der Waals surface area contributed by atoms with Crippen molar-refractivity contribution in [3.8, 4) is 17.2 Å². The minimum absolute atomic E-state index is 0.0275. The van der Waals surface area contributed by atoms with Crippen molar-refractivity contribution < 1.29 is 28.0 Å². The zero-order valence-corrected chi connectivity index (χ0v) is 20.0. The molecule has 3 aromatic carbocycles. The highest BCUT2D eigenvalue weighted by Gasteiger charge is 2.24. The number of aromatic hydroxyl groups is 1. The SMILES string of the molecule is COc1ccc(NS(=O)(=O)c2ccc(-n3cc(C(=O)c4cc(Cl)ccc4O)cn3)c([N+](=O)[O-])c2)cc1. The van der Waals surface area contributed by atoms with Crippen LogP contribution in [0.25, 0.3) is 5.69 Å². The number of halogens is 1. The second kappa shape index (κ2) is 9.68. The van der Waals surface area contributed by atoms with Crippen molar-refractivity contribution >= 4 is 38.8 Å². The Hall–Kier alpha value is -4.42. The molecule has 0 atom stereocenters. The number of nitro groups is 1. The summed E-state index contributed by atoms with van der Waals surface area (Å²) in [4.78, 5) is 23.4. The predicted molar refractivity (Wildman–Crippen MR) is 131 cm³/mol. The highest BCUT2D eigenvalue weighted by atomic mass is 35.5. The standard InChI is InChI=1S/C23H17ClN4O7S/c1-35-17-5-3-16(4-6-17)26-36(33,34)18-7-8-20(21(11-18)28(31)32)27-13-14(12-25-27)23(30)19-10-15(24)2-9-22(19)29/h2-13,26,29H,1H3. The van der Waals surface area contributed by atoms with Crippen LogP contribution >= 0.6 is 11.6 Å². The van der Waals surface area contributed by atoms with Crippen LogP contribution in [0.3, 0.4) is 0 Å². The number of nitrogens with zero attached hydrogens (tertiary/aromatic N) is 3. The summed E-state index contributed by atoms with van der Waals surface area (Å²) in [6.45, 7) is 0. The van der Waals surface area contributed by atoms with E-state index in [1.165, 1.54) is 62.0 Å². The summed E-state index contributed by atoms with van der Waals surface area (Å²) in [5, 5.41) is 26.0. The summed E-state index contributed by atoms with van der Waals surface area (Å²) in [6.07, 6.45) is 2.40. The molecule has 0 radical (unpaired) electrons. The number of anilines is 1. The molecule has 0 amide bonds. The molecule has 0 saturated carbocycles. The summed E-state index contributed by atoms with van der Waals surface area (Å²) >= 11 is 5.90. The third-order valence-corrected chi connectivity index (χ3v) is 6.71. The average molecular weight is 529 g/mol. The van der Waals surface area contributed by atoms with Gasteiger partial charge in [0.25, 0.3) is 15.7 Å². The van der Waals surface area contributed by atoms with Gasteiger partial charge in [-0.25, -0.2) is 13.1 Å². The number of hydrogen-bond acceptors (Lipinski definition) is 8. The minimum Gasteiger partial charge on any atom is -0.507 e. The maximum Gasteiger partial charge on any atom is 0.296 e. The number of nitro benzene ring substituents is 1. The van der Waals surface area contributed by atoms with Crippen molar-refractivity contribution in [3.05, 3.63) is 99.3 Å². The molecule has 0 bridgehead atoms. The average Bonchev–Trinajstić information content (AvgIpc) is 3.35. The van der Waals surface area contributed by atoms with Crippen molar-refractivity contribution in [2.75, 3.05) is 11.8 Å². The Bertz CT molecular complexity index is 1580. The van der Waals surface area contributed by atoms with E-state index in [9.17, 15) is 28.4 Å². The lowest BCUT2D eigenvalue weighted by Crippen LogP contribution is -2.14. The maximum atomic E-state index is 12.8. The molecule has 0 aliphatic carbocycles. The number of carbonyl (C=O) groups excluding carboxylic acids is 1. The molecule has 13 heteroatoms. The van der Waals surface area contributed by atoms with Gasteiger partial charge < -0.3 is 9.84 Å². The second-order valence-corrected chi connectivity index (χ2v) is 9.52. The third kappa shape index (κ3) is 4.99. The normalized spacial score (nSPS) is 11.2. The van der Waals surface area contributed by atoms with Gasteiger partial charge in [-0.15, -0.1) is 0 Å². The number of phenolic OH excluding ortho intramolecular Hbond substituents is 1. The molecular weight excluding hydrogens is 512 g/mol. The first kappa shape index (κ1) is 24.7. The lowest BCUT2D eigenvalue weighted by Gasteiger charge is -2.10. The van der Waals surface area contributed by atoms with Crippen LogP contribution in [0.1, 0.15) is 15.9 Å². The number of rotatable bonds is 8. The van der Waals surface area contributed by atoms with Gasteiger partial charge in [-0.1, -0.05) is 11.6 Å². The van der Waals surface area contributed by atoms with Gasteiger partial charge in [0, 0.05) is 23.0 Å². The van der Waals surface area contributed by atoms with Gasteiger partial charge in [-0.2, -0.15) is 5.10 Å². The fraction of sp³-hybridized carbons (Fsp3) is 0.0435. The Balaban J connectivity index is 1.66. The number of methoxy groups -OCH3 is 1. The highest BCUT2D eigenvalue weighted by molar-refractivity contribution is 7.92. The molecule has 0 aliphatic heterocycles. The molecule has 4 aromatic rings. The van der Waals surface area contributed by atoms with Gasteiger partial charge in [-0.05, 0) is 54.6 Å². The number of sulfonamides is 1. The van der Waals surface area contributed by atoms with E-state index in [2.05, 4.69) is 9.82 Å². The van der Waals surface area contributed by atoms with Gasteiger partial charge in [0.1, 0.15) is 17.2 Å². The molecule has 11 nitrogen and oxygen atoms in total. The van der Waals surface area contributed by atoms with Crippen LogP contribution in [0.2, 0.25) is 5.02 Å². The highest BCUT2D eigenvalue weighted by Crippen LogP contribution is 2.29. The van der Waals surface area contributed by atoms with E-state index in [1.54, 1.807) is 12.1 Å². The summed E-state index contributed by atoms with van der Waals surface area (Å²) in [5.74, 6) is -0.366. The molecule has 0 spiro atoms. The molecule has 1 heterocycles. The largest absolute Gasteiger partial charge is 0.507 e. The Morgan fingerprint density at radius 1 is 1.14 bits per heavy atom.